The summed E-state index contributed by atoms with van der Waals surface area (Å²) in [7, 11) is 0. The fraction of sp³-hybridized carbons (Fsp3) is 0.286. The Morgan fingerprint density at radius 3 is 2.96 bits per heavy atom. The summed E-state index contributed by atoms with van der Waals surface area (Å²) in [4.78, 5) is 18.1. The first-order valence-electron chi connectivity index (χ1n) is 9.15. The van der Waals surface area contributed by atoms with Crippen molar-refractivity contribution in [2.45, 2.75) is 11.7 Å². The van der Waals surface area contributed by atoms with E-state index in [0.29, 0.717) is 12.0 Å². The van der Waals surface area contributed by atoms with Crippen molar-refractivity contribution in [2.75, 3.05) is 25.6 Å². The number of thioether (sulfide) groups is 1. The Hall–Kier alpha value is -2.60. The Morgan fingerprint density at radius 1 is 1.07 bits per heavy atom. The number of carbonyl (C=O) groups is 1. The highest BCUT2D eigenvalue weighted by molar-refractivity contribution is 7.99. The monoisotopic (exact) mass is 380 g/mol. The second-order valence-corrected chi connectivity index (χ2v) is 8.14. The smallest absolute Gasteiger partial charge is 0.253 e. The number of rotatable bonds is 2. The molecule has 1 unspecified atom stereocenters. The van der Waals surface area contributed by atoms with E-state index in [1.54, 1.807) is 0 Å². The number of hydrogen-bond acceptors (Lipinski definition) is 4. The minimum atomic E-state index is 0.116. The van der Waals surface area contributed by atoms with Crippen molar-refractivity contribution >= 4 is 28.6 Å². The SMILES string of the molecule is O=C(c1ccc2[nH]ccc2c1)N1CCSC(c2ccc3c(c2)OCO3)CC1. The average molecular weight is 380 g/mol. The molecule has 1 fully saturated rings. The van der Waals surface area contributed by atoms with Crippen LogP contribution in [0, 0.1) is 0 Å². The van der Waals surface area contributed by atoms with E-state index in [-0.39, 0.29) is 5.91 Å². The Labute approximate surface area is 161 Å². The molecule has 6 heteroatoms. The number of nitrogens with zero attached hydrogens (tertiary/aromatic N) is 1. The summed E-state index contributed by atoms with van der Waals surface area (Å²) < 4.78 is 10.9. The van der Waals surface area contributed by atoms with Gasteiger partial charge in [-0.3, -0.25) is 4.79 Å². The van der Waals surface area contributed by atoms with Crippen LogP contribution in [0.1, 0.15) is 27.6 Å². The van der Waals surface area contributed by atoms with Crippen LogP contribution in [0.2, 0.25) is 0 Å². The Kier molecular flexibility index (Phi) is 4.20. The number of benzene rings is 2. The first kappa shape index (κ1) is 16.6. The number of amides is 1. The van der Waals surface area contributed by atoms with Gasteiger partial charge >= 0.3 is 0 Å². The van der Waals surface area contributed by atoms with E-state index in [1.165, 1.54) is 5.56 Å². The summed E-state index contributed by atoms with van der Waals surface area (Å²) in [5, 5.41) is 1.44. The van der Waals surface area contributed by atoms with Gasteiger partial charge in [-0.15, -0.1) is 0 Å². The fourth-order valence-corrected chi connectivity index (χ4v) is 4.94. The van der Waals surface area contributed by atoms with E-state index in [0.717, 1.165) is 53.2 Å². The summed E-state index contributed by atoms with van der Waals surface area (Å²) in [6.07, 6.45) is 2.83. The van der Waals surface area contributed by atoms with Gasteiger partial charge in [0.25, 0.3) is 5.91 Å². The highest BCUT2D eigenvalue weighted by atomic mass is 32.2. The van der Waals surface area contributed by atoms with E-state index in [4.69, 9.17) is 9.47 Å². The molecule has 5 nitrogen and oxygen atoms in total. The van der Waals surface area contributed by atoms with Gasteiger partial charge in [0.1, 0.15) is 0 Å². The van der Waals surface area contributed by atoms with Gasteiger partial charge in [-0.05, 0) is 48.4 Å². The molecule has 0 radical (unpaired) electrons. The predicted molar refractivity (Wildman–Crippen MR) is 107 cm³/mol. The molecule has 0 spiro atoms. The van der Waals surface area contributed by atoms with Gasteiger partial charge in [-0.1, -0.05) is 6.07 Å². The predicted octanol–water partition coefficient (Wildman–Crippen LogP) is 4.22. The van der Waals surface area contributed by atoms with Gasteiger partial charge in [-0.25, -0.2) is 0 Å². The molecule has 5 rings (SSSR count). The van der Waals surface area contributed by atoms with Crippen LogP contribution in [0.15, 0.2) is 48.7 Å². The zero-order chi connectivity index (χ0) is 18.2. The quantitative estimate of drug-likeness (QED) is 0.723. The van der Waals surface area contributed by atoms with Crippen LogP contribution in [-0.2, 0) is 0 Å². The van der Waals surface area contributed by atoms with E-state index >= 15 is 0 Å². The molecule has 1 amide bonds. The molecule has 1 aromatic heterocycles. The molecular formula is C21H20N2O3S. The third kappa shape index (κ3) is 3.14. The third-order valence-electron chi connectivity index (χ3n) is 5.20. The molecule has 2 aromatic carbocycles. The third-order valence-corrected chi connectivity index (χ3v) is 6.53. The maximum Gasteiger partial charge on any atom is 0.253 e. The summed E-state index contributed by atoms with van der Waals surface area (Å²) in [6.45, 7) is 1.83. The molecule has 2 aliphatic rings. The molecule has 27 heavy (non-hydrogen) atoms. The average Bonchev–Trinajstić information content (AvgIpc) is 3.29. The summed E-state index contributed by atoms with van der Waals surface area (Å²) >= 11 is 1.91. The minimum Gasteiger partial charge on any atom is -0.454 e. The van der Waals surface area contributed by atoms with Crippen LogP contribution in [0.3, 0.4) is 0 Å². The normalized spacial score (nSPS) is 19.3. The topological polar surface area (TPSA) is 54.6 Å². The van der Waals surface area contributed by atoms with Crippen LogP contribution >= 0.6 is 11.8 Å². The van der Waals surface area contributed by atoms with Gasteiger partial charge < -0.3 is 19.4 Å². The van der Waals surface area contributed by atoms with Crippen molar-refractivity contribution in [2.24, 2.45) is 0 Å². The van der Waals surface area contributed by atoms with E-state index in [2.05, 4.69) is 17.1 Å². The largest absolute Gasteiger partial charge is 0.454 e. The maximum atomic E-state index is 13.0. The van der Waals surface area contributed by atoms with Crippen LogP contribution in [0.25, 0.3) is 10.9 Å². The Balaban J connectivity index is 1.31. The second kappa shape index (κ2) is 6.85. The van der Waals surface area contributed by atoms with E-state index in [9.17, 15) is 4.79 Å². The lowest BCUT2D eigenvalue weighted by Gasteiger charge is -2.20. The molecule has 1 atom stereocenters. The summed E-state index contributed by atoms with van der Waals surface area (Å²) in [5.41, 5.74) is 3.06. The molecule has 0 saturated carbocycles. The molecule has 3 heterocycles. The lowest BCUT2D eigenvalue weighted by atomic mass is 10.1. The van der Waals surface area contributed by atoms with E-state index in [1.807, 2.05) is 53.2 Å². The molecule has 1 saturated heterocycles. The lowest BCUT2D eigenvalue weighted by Crippen LogP contribution is -2.32. The molecule has 0 bridgehead atoms. The lowest BCUT2D eigenvalue weighted by molar-refractivity contribution is 0.0766. The van der Waals surface area contributed by atoms with Crippen LogP contribution in [0.5, 0.6) is 11.5 Å². The van der Waals surface area contributed by atoms with Crippen LogP contribution in [0.4, 0.5) is 0 Å². The van der Waals surface area contributed by atoms with Gasteiger partial charge in [0.05, 0.1) is 0 Å². The number of nitrogens with one attached hydrogen (secondary N) is 1. The summed E-state index contributed by atoms with van der Waals surface area (Å²) in [5.74, 6) is 2.68. The van der Waals surface area contributed by atoms with Gasteiger partial charge in [-0.2, -0.15) is 11.8 Å². The number of ether oxygens (including phenoxy) is 2. The number of aromatic amines is 1. The van der Waals surface area contributed by atoms with Crippen molar-refractivity contribution in [3.63, 3.8) is 0 Å². The standard InChI is InChI=1S/C21H20N2O3S/c24-21(16-1-3-17-14(11-16)5-7-22-17)23-8-6-20(27-10-9-23)15-2-4-18-19(12-15)26-13-25-18/h1-5,7,11-12,20,22H,6,8-10,13H2. The number of hydrogen-bond donors (Lipinski definition) is 1. The van der Waals surface area contributed by atoms with Crippen molar-refractivity contribution in [1.82, 2.24) is 9.88 Å². The van der Waals surface area contributed by atoms with Crippen molar-refractivity contribution in [3.8, 4) is 11.5 Å². The van der Waals surface area contributed by atoms with Gasteiger partial charge in [0, 0.05) is 46.8 Å². The summed E-state index contributed by atoms with van der Waals surface area (Å²) in [6, 6.07) is 14.0. The first-order valence-corrected chi connectivity index (χ1v) is 10.2. The molecule has 0 aliphatic carbocycles. The van der Waals surface area contributed by atoms with Crippen LogP contribution < -0.4 is 9.47 Å². The zero-order valence-electron chi connectivity index (χ0n) is 14.8. The molecular weight excluding hydrogens is 360 g/mol. The zero-order valence-corrected chi connectivity index (χ0v) is 15.6. The molecule has 3 aromatic rings. The Morgan fingerprint density at radius 2 is 2.00 bits per heavy atom. The highest BCUT2D eigenvalue weighted by Gasteiger charge is 2.24. The van der Waals surface area contributed by atoms with Crippen LogP contribution in [-0.4, -0.2) is 41.4 Å². The number of fused-ring (bicyclic) bond motifs is 2. The van der Waals surface area contributed by atoms with Crippen molar-refractivity contribution in [1.29, 1.82) is 0 Å². The van der Waals surface area contributed by atoms with Crippen molar-refractivity contribution in [3.05, 3.63) is 59.8 Å². The molecule has 2 aliphatic heterocycles. The van der Waals surface area contributed by atoms with Gasteiger partial charge in [0.15, 0.2) is 11.5 Å². The molecule has 1 N–H and O–H groups in total. The molecule has 138 valence electrons. The van der Waals surface area contributed by atoms with E-state index < -0.39 is 0 Å². The number of aromatic nitrogens is 1. The first-order chi connectivity index (χ1) is 13.3. The number of H-pyrrole nitrogens is 1. The highest BCUT2D eigenvalue weighted by Crippen LogP contribution is 2.40. The van der Waals surface area contributed by atoms with Gasteiger partial charge in [0.2, 0.25) is 6.79 Å². The Bertz CT molecular complexity index is 1000. The fourth-order valence-electron chi connectivity index (χ4n) is 3.72. The second-order valence-electron chi connectivity index (χ2n) is 6.83. The minimum absolute atomic E-state index is 0.116. The van der Waals surface area contributed by atoms with Crippen molar-refractivity contribution < 1.29 is 14.3 Å². The number of carbonyl (C=O) groups excluding carboxylic acids is 1. The maximum absolute atomic E-state index is 13.0.